The molecule has 0 amide bonds. The van der Waals surface area contributed by atoms with Gasteiger partial charge in [0.1, 0.15) is 6.07 Å². The first kappa shape index (κ1) is 8.79. The number of aromatic nitrogens is 1. The number of nitriles is 1. The second-order valence-electron chi connectivity index (χ2n) is 2.82. The van der Waals surface area contributed by atoms with E-state index >= 15 is 0 Å². The summed E-state index contributed by atoms with van der Waals surface area (Å²) < 4.78 is 14.2. The minimum Gasteiger partial charge on any atom is -0.353 e. The Labute approximate surface area is 71.2 Å². The zero-order valence-corrected chi connectivity index (χ0v) is 7.00. The van der Waals surface area contributed by atoms with Gasteiger partial charge in [0.2, 0.25) is 0 Å². The molecule has 0 fully saturated rings. The third kappa shape index (κ3) is 2.39. The molecule has 0 bridgehead atoms. The molecule has 0 aromatic carbocycles. The smallest absolute Gasteiger partial charge is 0.101 e. The van der Waals surface area contributed by atoms with E-state index in [4.69, 9.17) is 5.26 Å². The summed E-state index contributed by atoms with van der Waals surface area (Å²) in [5, 5.41) is 8.49. The second-order valence-corrected chi connectivity index (χ2v) is 2.82. The Morgan fingerprint density at radius 2 is 2.50 bits per heavy atom. The molecule has 0 aliphatic heterocycles. The van der Waals surface area contributed by atoms with Crippen molar-refractivity contribution in [1.82, 2.24) is 4.57 Å². The molecular formula is C9H11FN2. The zero-order chi connectivity index (χ0) is 8.97. The lowest BCUT2D eigenvalue weighted by Crippen LogP contribution is -2.00. The molecule has 1 rings (SSSR count). The normalized spacial score (nSPS) is 12.4. The quantitative estimate of drug-likeness (QED) is 0.676. The summed E-state index contributed by atoms with van der Waals surface area (Å²) in [4.78, 5) is 0. The van der Waals surface area contributed by atoms with Gasteiger partial charge >= 0.3 is 0 Å². The van der Waals surface area contributed by atoms with Crippen molar-refractivity contribution in [3.8, 4) is 6.07 Å². The molecule has 1 unspecified atom stereocenters. The minimum atomic E-state index is -0.780. The van der Waals surface area contributed by atoms with E-state index in [1.807, 2.05) is 10.6 Å². The number of nitrogens with zero attached hydrogens (tertiary/aromatic N) is 2. The number of hydrogen-bond acceptors (Lipinski definition) is 1. The molecule has 1 atom stereocenters. The largest absolute Gasteiger partial charge is 0.353 e. The van der Waals surface area contributed by atoms with E-state index in [2.05, 4.69) is 0 Å². The van der Waals surface area contributed by atoms with Gasteiger partial charge in [-0.05, 0) is 19.4 Å². The Kier molecular flexibility index (Phi) is 2.87. The lowest BCUT2D eigenvalue weighted by atomic mass is 10.3. The minimum absolute atomic E-state index is 0.500. The first-order chi connectivity index (χ1) is 5.72. The Morgan fingerprint density at radius 1 is 1.75 bits per heavy atom. The molecule has 0 saturated heterocycles. The topological polar surface area (TPSA) is 28.7 Å². The molecule has 0 radical (unpaired) electrons. The first-order valence-corrected chi connectivity index (χ1v) is 3.92. The molecule has 0 aliphatic rings. The molecule has 1 aromatic rings. The van der Waals surface area contributed by atoms with E-state index in [9.17, 15) is 4.39 Å². The van der Waals surface area contributed by atoms with Gasteiger partial charge in [0.25, 0.3) is 0 Å². The average Bonchev–Trinajstić information content (AvgIpc) is 2.48. The lowest BCUT2D eigenvalue weighted by Gasteiger charge is -2.02. The zero-order valence-electron chi connectivity index (χ0n) is 7.00. The molecule has 3 heteroatoms. The standard InChI is InChI=1S/C9H11FN2/c1-8(10)2-4-12-5-3-9(6-11)7-12/h3,5,7-8H,2,4H2,1H3. The molecule has 1 heterocycles. The van der Waals surface area contributed by atoms with E-state index in [0.29, 0.717) is 18.5 Å². The van der Waals surface area contributed by atoms with E-state index in [-0.39, 0.29) is 0 Å². The van der Waals surface area contributed by atoms with Crippen LogP contribution in [0.25, 0.3) is 0 Å². The van der Waals surface area contributed by atoms with Gasteiger partial charge in [-0.3, -0.25) is 0 Å². The Morgan fingerprint density at radius 3 is 3.00 bits per heavy atom. The number of halogens is 1. The summed E-state index contributed by atoms with van der Waals surface area (Å²) >= 11 is 0. The highest BCUT2D eigenvalue weighted by molar-refractivity contribution is 5.25. The third-order valence-corrected chi connectivity index (χ3v) is 1.66. The SMILES string of the molecule is CC(F)CCn1ccc(C#N)c1. The molecule has 1 aromatic heterocycles. The number of hydrogen-bond donors (Lipinski definition) is 0. The van der Waals surface area contributed by atoms with Crippen LogP contribution >= 0.6 is 0 Å². The van der Waals surface area contributed by atoms with Gasteiger partial charge in [0.15, 0.2) is 0 Å². The van der Waals surface area contributed by atoms with Gasteiger partial charge in [-0.15, -0.1) is 0 Å². The van der Waals surface area contributed by atoms with E-state index in [0.717, 1.165) is 0 Å². The van der Waals surface area contributed by atoms with Crippen LogP contribution in [0.3, 0.4) is 0 Å². The summed E-state index contributed by atoms with van der Waals surface area (Å²) in [6, 6.07) is 3.75. The van der Waals surface area contributed by atoms with Crippen LogP contribution in [0.2, 0.25) is 0 Å². The van der Waals surface area contributed by atoms with E-state index in [1.54, 1.807) is 18.5 Å². The molecule has 64 valence electrons. The molecule has 0 saturated carbocycles. The third-order valence-electron chi connectivity index (χ3n) is 1.66. The predicted molar refractivity (Wildman–Crippen MR) is 44.3 cm³/mol. The number of aryl methyl sites for hydroxylation is 1. The maximum Gasteiger partial charge on any atom is 0.101 e. The van der Waals surface area contributed by atoms with Gasteiger partial charge in [-0.25, -0.2) is 4.39 Å². The van der Waals surface area contributed by atoms with Crippen molar-refractivity contribution in [3.05, 3.63) is 24.0 Å². The molecule has 0 N–H and O–H groups in total. The van der Waals surface area contributed by atoms with Gasteiger partial charge in [0.05, 0.1) is 11.7 Å². The van der Waals surface area contributed by atoms with Crippen molar-refractivity contribution in [1.29, 1.82) is 5.26 Å². The van der Waals surface area contributed by atoms with Gasteiger partial charge in [-0.1, -0.05) is 0 Å². The summed E-state index contributed by atoms with van der Waals surface area (Å²) in [7, 11) is 0. The summed E-state index contributed by atoms with van der Waals surface area (Å²) in [5.74, 6) is 0. The summed E-state index contributed by atoms with van der Waals surface area (Å²) in [6.45, 7) is 2.17. The fourth-order valence-corrected chi connectivity index (χ4v) is 0.973. The van der Waals surface area contributed by atoms with Crippen molar-refractivity contribution < 1.29 is 4.39 Å². The maximum absolute atomic E-state index is 12.4. The van der Waals surface area contributed by atoms with E-state index in [1.165, 1.54) is 6.92 Å². The van der Waals surface area contributed by atoms with Crippen LogP contribution in [-0.4, -0.2) is 10.7 Å². The Hall–Kier alpha value is -1.30. The van der Waals surface area contributed by atoms with Crippen LogP contribution in [0, 0.1) is 11.3 Å². The monoisotopic (exact) mass is 166 g/mol. The van der Waals surface area contributed by atoms with Crippen LogP contribution in [0.1, 0.15) is 18.9 Å². The van der Waals surface area contributed by atoms with E-state index < -0.39 is 6.17 Å². The van der Waals surface area contributed by atoms with Gasteiger partial charge < -0.3 is 4.57 Å². The van der Waals surface area contributed by atoms with Crippen LogP contribution in [0.4, 0.5) is 4.39 Å². The molecular weight excluding hydrogens is 155 g/mol. The van der Waals surface area contributed by atoms with Crippen molar-refractivity contribution in [2.24, 2.45) is 0 Å². The highest BCUT2D eigenvalue weighted by Crippen LogP contribution is 2.03. The van der Waals surface area contributed by atoms with Crippen LogP contribution < -0.4 is 0 Å². The molecule has 0 spiro atoms. The lowest BCUT2D eigenvalue weighted by molar-refractivity contribution is 0.326. The van der Waals surface area contributed by atoms with Crippen LogP contribution in [0.5, 0.6) is 0 Å². The average molecular weight is 166 g/mol. The van der Waals surface area contributed by atoms with Crippen LogP contribution in [0.15, 0.2) is 18.5 Å². The highest BCUT2D eigenvalue weighted by atomic mass is 19.1. The number of alkyl halides is 1. The Bertz CT molecular complexity index is 283. The highest BCUT2D eigenvalue weighted by Gasteiger charge is 1.99. The first-order valence-electron chi connectivity index (χ1n) is 3.92. The molecule has 12 heavy (non-hydrogen) atoms. The van der Waals surface area contributed by atoms with Crippen molar-refractivity contribution in [3.63, 3.8) is 0 Å². The second kappa shape index (κ2) is 3.91. The summed E-state index contributed by atoms with van der Waals surface area (Å²) in [6.07, 6.45) is 3.24. The molecule has 0 aliphatic carbocycles. The van der Waals surface area contributed by atoms with Crippen molar-refractivity contribution in [2.75, 3.05) is 0 Å². The number of rotatable bonds is 3. The van der Waals surface area contributed by atoms with Gasteiger partial charge in [0, 0.05) is 18.9 Å². The summed E-state index contributed by atoms with van der Waals surface area (Å²) in [5.41, 5.74) is 0.626. The van der Waals surface area contributed by atoms with Crippen molar-refractivity contribution in [2.45, 2.75) is 26.1 Å². The van der Waals surface area contributed by atoms with Crippen molar-refractivity contribution >= 4 is 0 Å². The predicted octanol–water partition coefficient (Wildman–Crippen LogP) is 2.11. The van der Waals surface area contributed by atoms with Gasteiger partial charge in [-0.2, -0.15) is 5.26 Å². The Balaban J connectivity index is 2.48. The fourth-order valence-electron chi connectivity index (χ4n) is 0.973. The molecule has 2 nitrogen and oxygen atoms in total. The fraction of sp³-hybridized carbons (Fsp3) is 0.444. The maximum atomic E-state index is 12.4. The van der Waals surface area contributed by atoms with Crippen LogP contribution in [-0.2, 0) is 6.54 Å².